The Hall–Kier alpha value is -3.55. The van der Waals surface area contributed by atoms with Gasteiger partial charge in [0.05, 0.1) is 25.6 Å². The zero-order valence-corrected chi connectivity index (χ0v) is 19.2. The number of aryl methyl sites for hydroxylation is 1. The van der Waals surface area contributed by atoms with Crippen LogP contribution in [0, 0.1) is 12.7 Å². The monoisotopic (exact) mass is 439 g/mol. The number of aromatic nitrogens is 2. The van der Waals surface area contributed by atoms with Crippen molar-refractivity contribution in [2.24, 2.45) is 4.99 Å². The maximum absolute atomic E-state index is 13.1. The summed E-state index contributed by atoms with van der Waals surface area (Å²) in [6.07, 6.45) is 2.61. The molecule has 1 aromatic heterocycles. The summed E-state index contributed by atoms with van der Waals surface area (Å²) in [5, 5.41) is 7.95. The molecule has 0 saturated heterocycles. The lowest BCUT2D eigenvalue weighted by Gasteiger charge is -2.23. The smallest absolute Gasteiger partial charge is 0.193 e. The van der Waals surface area contributed by atoms with E-state index in [1.807, 2.05) is 31.4 Å². The summed E-state index contributed by atoms with van der Waals surface area (Å²) in [5.74, 6) is 1.96. The molecule has 0 saturated carbocycles. The molecule has 3 rings (SSSR count). The van der Waals surface area contributed by atoms with Crippen LogP contribution in [0.25, 0.3) is 5.69 Å². The van der Waals surface area contributed by atoms with E-state index in [1.165, 1.54) is 12.1 Å². The highest BCUT2D eigenvalue weighted by Gasteiger charge is 2.13. The molecule has 0 spiro atoms. The number of aliphatic imine (C=N–C) groups is 1. The van der Waals surface area contributed by atoms with Gasteiger partial charge in [-0.3, -0.25) is 4.99 Å². The summed E-state index contributed by atoms with van der Waals surface area (Å²) in [6.45, 7) is 3.41. The molecule has 1 N–H and O–H groups in total. The van der Waals surface area contributed by atoms with E-state index in [4.69, 9.17) is 9.47 Å². The van der Waals surface area contributed by atoms with Crippen molar-refractivity contribution in [3.63, 3.8) is 0 Å². The van der Waals surface area contributed by atoms with Gasteiger partial charge in [0, 0.05) is 39.8 Å². The van der Waals surface area contributed by atoms with Crippen molar-refractivity contribution in [2.75, 3.05) is 34.9 Å². The van der Waals surface area contributed by atoms with Crippen LogP contribution in [0.5, 0.6) is 11.5 Å². The third-order valence-corrected chi connectivity index (χ3v) is 5.22. The van der Waals surface area contributed by atoms with Crippen molar-refractivity contribution in [2.45, 2.75) is 19.9 Å². The van der Waals surface area contributed by atoms with Crippen LogP contribution in [-0.2, 0) is 13.0 Å². The van der Waals surface area contributed by atoms with E-state index in [0.717, 1.165) is 40.6 Å². The maximum atomic E-state index is 13.1. The number of rotatable bonds is 8. The van der Waals surface area contributed by atoms with E-state index in [9.17, 15) is 4.39 Å². The predicted molar refractivity (Wildman–Crippen MR) is 124 cm³/mol. The largest absolute Gasteiger partial charge is 0.493 e. The third-order valence-electron chi connectivity index (χ3n) is 5.22. The van der Waals surface area contributed by atoms with Crippen LogP contribution < -0.4 is 14.8 Å². The molecule has 0 fully saturated rings. The summed E-state index contributed by atoms with van der Waals surface area (Å²) < 4.78 is 25.7. The SMILES string of the molecule is CN=C(NCCc1ccn(-c2ccc(F)cc2)n1)N(C)Cc1cc(OC)c(OC)cc1C. The second kappa shape index (κ2) is 10.7. The molecule has 0 atom stereocenters. The van der Waals surface area contributed by atoms with Crippen LogP contribution in [0.15, 0.2) is 53.7 Å². The van der Waals surface area contributed by atoms with E-state index in [2.05, 4.69) is 27.2 Å². The molecule has 170 valence electrons. The normalized spacial score (nSPS) is 11.4. The molecule has 0 radical (unpaired) electrons. The topological polar surface area (TPSA) is 63.9 Å². The number of nitrogens with zero attached hydrogens (tertiary/aromatic N) is 4. The van der Waals surface area contributed by atoms with Crippen molar-refractivity contribution in [3.8, 4) is 17.2 Å². The Morgan fingerprint density at radius 2 is 1.81 bits per heavy atom. The molecule has 3 aromatic rings. The number of hydrogen-bond acceptors (Lipinski definition) is 4. The van der Waals surface area contributed by atoms with Crippen molar-refractivity contribution >= 4 is 5.96 Å². The number of benzene rings is 2. The van der Waals surface area contributed by atoms with Gasteiger partial charge in [-0.25, -0.2) is 9.07 Å². The lowest BCUT2D eigenvalue weighted by Crippen LogP contribution is -2.39. The van der Waals surface area contributed by atoms with Crippen LogP contribution >= 0.6 is 0 Å². The summed E-state index contributed by atoms with van der Waals surface area (Å²) in [7, 11) is 7.04. The highest BCUT2D eigenvalue weighted by atomic mass is 19.1. The molecule has 32 heavy (non-hydrogen) atoms. The fourth-order valence-electron chi connectivity index (χ4n) is 3.44. The molecule has 1 heterocycles. The number of hydrogen-bond donors (Lipinski definition) is 1. The first kappa shape index (κ1) is 23.1. The number of ether oxygens (including phenoxy) is 2. The molecule has 0 bridgehead atoms. The van der Waals surface area contributed by atoms with Gasteiger partial charge >= 0.3 is 0 Å². The third kappa shape index (κ3) is 5.57. The van der Waals surface area contributed by atoms with Gasteiger partial charge in [-0.1, -0.05) is 0 Å². The van der Waals surface area contributed by atoms with Gasteiger partial charge in [-0.2, -0.15) is 5.10 Å². The molecule has 0 unspecified atom stereocenters. The lowest BCUT2D eigenvalue weighted by molar-refractivity contribution is 0.353. The molecular formula is C24H30FN5O2. The number of guanidine groups is 1. The predicted octanol–water partition coefficient (Wildman–Crippen LogP) is 3.59. The van der Waals surface area contributed by atoms with Crippen LogP contribution in [0.3, 0.4) is 0 Å². The molecular weight excluding hydrogens is 409 g/mol. The highest BCUT2D eigenvalue weighted by molar-refractivity contribution is 5.79. The lowest BCUT2D eigenvalue weighted by atomic mass is 10.1. The average molecular weight is 440 g/mol. The van der Waals surface area contributed by atoms with E-state index >= 15 is 0 Å². The van der Waals surface area contributed by atoms with Gasteiger partial charge in [0.15, 0.2) is 17.5 Å². The summed E-state index contributed by atoms with van der Waals surface area (Å²) >= 11 is 0. The number of methoxy groups -OCH3 is 2. The van der Waals surface area contributed by atoms with Crippen LogP contribution in [0.4, 0.5) is 4.39 Å². The first-order chi connectivity index (χ1) is 15.4. The van der Waals surface area contributed by atoms with E-state index in [1.54, 1.807) is 38.1 Å². The quantitative estimate of drug-likeness (QED) is 0.429. The standard InChI is InChI=1S/C24H30FN5O2/c1-17-14-22(31-4)23(32-5)15-18(17)16-29(3)24(26-2)27-12-10-20-11-13-30(28-20)21-8-6-19(25)7-9-21/h6-9,11,13-15H,10,12,16H2,1-5H3,(H,26,27). The van der Waals surface area contributed by atoms with Gasteiger partial charge in [-0.15, -0.1) is 0 Å². The second-order valence-corrected chi connectivity index (χ2v) is 7.44. The first-order valence-electron chi connectivity index (χ1n) is 10.4. The number of nitrogens with one attached hydrogen (secondary N) is 1. The van der Waals surface area contributed by atoms with E-state index in [-0.39, 0.29) is 5.82 Å². The average Bonchev–Trinajstić information content (AvgIpc) is 3.27. The molecule has 8 heteroatoms. The second-order valence-electron chi connectivity index (χ2n) is 7.44. The van der Waals surface area contributed by atoms with Crippen molar-refractivity contribution in [1.82, 2.24) is 20.0 Å². The Balaban J connectivity index is 1.57. The van der Waals surface area contributed by atoms with Gasteiger partial charge < -0.3 is 19.7 Å². The highest BCUT2D eigenvalue weighted by Crippen LogP contribution is 2.30. The maximum Gasteiger partial charge on any atom is 0.193 e. The Bertz CT molecular complexity index is 1060. The van der Waals surface area contributed by atoms with E-state index in [0.29, 0.717) is 18.8 Å². The van der Waals surface area contributed by atoms with Crippen LogP contribution in [0.1, 0.15) is 16.8 Å². The van der Waals surface area contributed by atoms with Crippen LogP contribution in [0.2, 0.25) is 0 Å². The van der Waals surface area contributed by atoms with Gasteiger partial charge in [0.2, 0.25) is 0 Å². The van der Waals surface area contributed by atoms with Crippen molar-refractivity contribution < 1.29 is 13.9 Å². The Labute approximate surface area is 188 Å². The minimum absolute atomic E-state index is 0.260. The van der Waals surface area contributed by atoms with Crippen LogP contribution in [-0.4, -0.2) is 55.5 Å². The number of halogens is 1. The molecule has 0 amide bonds. The molecule has 2 aromatic carbocycles. The Morgan fingerprint density at radius 3 is 2.47 bits per heavy atom. The minimum atomic E-state index is -0.260. The fraction of sp³-hybridized carbons (Fsp3) is 0.333. The first-order valence-corrected chi connectivity index (χ1v) is 10.4. The summed E-state index contributed by atoms with van der Waals surface area (Å²) in [5.41, 5.74) is 4.02. The molecule has 0 aliphatic rings. The van der Waals surface area contributed by atoms with Crippen molar-refractivity contribution in [3.05, 3.63) is 71.3 Å². The van der Waals surface area contributed by atoms with Gasteiger partial charge in [0.1, 0.15) is 5.82 Å². The summed E-state index contributed by atoms with van der Waals surface area (Å²) in [4.78, 5) is 6.46. The zero-order chi connectivity index (χ0) is 23.1. The van der Waals surface area contributed by atoms with Gasteiger partial charge in [-0.05, 0) is 60.5 Å². The van der Waals surface area contributed by atoms with E-state index < -0.39 is 0 Å². The Morgan fingerprint density at radius 1 is 1.12 bits per heavy atom. The van der Waals surface area contributed by atoms with Crippen molar-refractivity contribution in [1.29, 1.82) is 0 Å². The molecule has 0 aliphatic heterocycles. The molecule has 0 aliphatic carbocycles. The Kier molecular flexibility index (Phi) is 7.70. The molecule has 7 nitrogen and oxygen atoms in total. The van der Waals surface area contributed by atoms with Gasteiger partial charge in [0.25, 0.3) is 0 Å². The summed E-state index contributed by atoms with van der Waals surface area (Å²) in [6, 6.07) is 12.2. The minimum Gasteiger partial charge on any atom is -0.493 e. The fourth-order valence-corrected chi connectivity index (χ4v) is 3.44. The zero-order valence-electron chi connectivity index (χ0n) is 19.2.